The summed E-state index contributed by atoms with van der Waals surface area (Å²) in [5, 5.41) is 9.48. The molecule has 184 valence electrons. The molecule has 0 fully saturated rings. The molecule has 3 N–H and O–H groups in total. The van der Waals surface area contributed by atoms with Gasteiger partial charge in [0, 0.05) is 12.8 Å². The van der Waals surface area contributed by atoms with Gasteiger partial charge in [-0.1, -0.05) is 26.8 Å². The van der Waals surface area contributed by atoms with E-state index in [-0.39, 0.29) is 31.3 Å². The van der Waals surface area contributed by atoms with E-state index in [2.05, 4.69) is 0 Å². The molecule has 0 aliphatic carbocycles. The third-order valence-electron chi connectivity index (χ3n) is 4.42. The lowest BCUT2D eigenvalue weighted by molar-refractivity contribution is -0.142. The van der Waals surface area contributed by atoms with Gasteiger partial charge in [-0.2, -0.15) is 0 Å². The van der Waals surface area contributed by atoms with Crippen molar-refractivity contribution in [1.82, 2.24) is 0 Å². The number of esters is 1. The second kappa shape index (κ2) is 13.9. The van der Waals surface area contributed by atoms with Crippen LogP contribution >= 0.6 is 0 Å². The van der Waals surface area contributed by atoms with Gasteiger partial charge >= 0.3 is 24.2 Å². The third kappa shape index (κ3) is 9.36. The minimum Gasteiger partial charge on any atom is -0.480 e. The zero-order valence-electron chi connectivity index (χ0n) is 19.2. The van der Waals surface area contributed by atoms with E-state index in [9.17, 15) is 24.3 Å². The van der Waals surface area contributed by atoms with E-state index >= 15 is 0 Å². The van der Waals surface area contributed by atoms with E-state index in [0.29, 0.717) is 18.4 Å². The fourth-order valence-electron chi connectivity index (χ4n) is 2.90. The van der Waals surface area contributed by atoms with E-state index in [4.69, 9.17) is 29.4 Å². The Hall–Kier alpha value is -3.34. The molecule has 0 spiro atoms. The van der Waals surface area contributed by atoms with Crippen molar-refractivity contribution >= 4 is 24.2 Å². The van der Waals surface area contributed by atoms with E-state index in [0.717, 1.165) is 0 Å². The molecule has 0 aromatic heterocycles. The average molecular weight is 469 g/mol. The number of carbonyl (C=O) groups excluding carboxylic acids is 3. The van der Waals surface area contributed by atoms with Crippen molar-refractivity contribution in [3.05, 3.63) is 23.8 Å². The summed E-state index contributed by atoms with van der Waals surface area (Å²) in [5.41, 5.74) is 6.27. The largest absolute Gasteiger partial charge is 0.513 e. The molecule has 0 saturated carbocycles. The number of hydrogen-bond acceptors (Lipinski definition) is 10. The van der Waals surface area contributed by atoms with Crippen LogP contribution in [0.1, 0.15) is 52.0 Å². The Morgan fingerprint density at radius 3 is 1.97 bits per heavy atom. The van der Waals surface area contributed by atoms with Gasteiger partial charge in [0.05, 0.1) is 19.8 Å². The maximum Gasteiger partial charge on any atom is 0.513 e. The number of hydrogen-bond donors (Lipinski definition) is 2. The Labute approximate surface area is 192 Å². The second-order valence-electron chi connectivity index (χ2n) is 7.28. The summed E-state index contributed by atoms with van der Waals surface area (Å²) in [6, 6.07) is 2.76. The molecule has 0 amide bonds. The molecule has 1 unspecified atom stereocenters. The monoisotopic (exact) mass is 469 g/mol. The molecular weight excluding hydrogens is 438 g/mol. The van der Waals surface area contributed by atoms with Crippen LogP contribution in [0.4, 0.5) is 9.59 Å². The zero-order valence-corrected chi connectivity index (χ0v) is 19.2. The van der Waals surface area contributed by atoms with E-state index in [1.54, 1.807) is 13.8 Å². The molecule has 0 aliphatic rings. The predicted octanol–water partition coefficient (Wildman–Crippen LogP) is 3.23. The third-order valence-corrected chi connectivity index (χ3v) is 4.42. The molecule has 33 heavy (non-hydrogen) atoms. The van der Waals surface area contributed by atoms with Crippen molar-refractivity contribution in [3.63, 3.8) is 0 Å². The number of nitrogens with two attached hydrogens (primary N) is 1. The van der Waals surface area contributed by atoms with Crippen molar-refractivity contribution < 1.29 is 48.0 Å². The van der Waals surface area contributed by atoms with Gasteiger partial charge in [-0.05, 0) is 36.5 Å². The molecule has 0 saturated heterocycles. The lowest BCUT2D eigenvalue weighted by atomic mass is 9.82. The van der Waals surface area contributed by atoms with Crippen molar-refractivity contribution in [2.45, 2.75) is 52.5 Å². The summed E-state index contributed by atoms with van der Waals surface area (Å²) in [6.07, 6.45) is -0.896. The van der Waals surface area contributed by atoms with Gasteiger partial charge in [-0.25, -0.2) is 9.59 Å². The van der Waals surface area contributed by atoms with Crippen molar-refractivity contribution in [2.75, 3.05) is 19.8 Å². The quantitative estimate of drug-likeness (QED) is 0.263. The Morgan fingerprint density at radius 1 is 0.939 bits per heavy atom. The van der Waals surface area contributed by atoms with Gasteiger partial charge in [0.2, 0.25) is 0 Å². The number of carbonyl (C=O) groups is 4. The second-order valence-corrected chi connectivity index (χ2v) is 7.28. The van der Waals surface area contributed by atoms with Gasteiger partial charge in [0.25, 0.3) is 0 Å². The van der Waals surface area contributed by atoms with Crippen molar-refractivity contribution in [3.8, 4) is 11.5 Å². The summed E-state index contributed by atoms with van der Waals surface area (Å²) in [5.74, 6) is -3.48. The zero-order chi connectivity index (χ0) is 25.0. The highest BCUT2D eigenvalue weighted by molar-refractivity contribution is 5.75. The van der Waals surface area contributed by atoms with Gasteiger partial charge in [0.1, 0.15) is 6.04 Å². The highest BCUT2D eigenvalue weighted by Crippen LogP contribution is 2.36. The van der Waals surface area contributed by atoms with Crippen LogP contribution in [0.5, 0.6) is 11.5 Å². The number of benzene rings is 1. The van der Waals surface area contributed by atoms with Gasteiger partial charge < -0.3 is 34.5 Å². The lowest BCUT2D eigenvalue weighted by Gasteiger charge is -2.27. The van der Waals surface area contributed by atoms with Crippen LogP contribution in [-0.2, 0) is 23.8 Å². The summed E-state index contributed by atoms with van der Waals surface area (Å²) in [4.78, 5) is 46.7. The molecule has 1 aromatic carbocycles. The van der Waals surface area contributed by atoms with Gasteiger partial charge in [0.15, 0.2) is 11.5 Å². The average Bonchev–Trinajstić information content (AvgIpc) is 2.76. The van der Waals surface area contributed by atoms with Crippen LogP contribution < -0.4 is 15.2 Å². The standard InChI is InChI=1S/C22H31NO10/c1-5-9-29-21(27)32-16-8-7-15(11-17(16)33-22(28)30-10-6-2)18(19(23)20(25)26)13(3)12-31-14(4)24/h7-8,11,13,18-19H,5-6,9-10,12,23H2,1-4H3,(H,25,26)/t13-,18?,19-/m0/s1. The van der Waals surface area contributed by atoms with Crippen LogP contribution in [0, 0.1) is 5.92 Å². The molecule has 11 heteroatoms. The molecule has 3 atom stereocenters. The van der Waals surface area contributed by atoms with Crippen LogP contribution in [0.3, 0.4) is 0 Å². The summed E-state index contributed by atoms with van der Waals surface area (Å²) in [7, 11) is 0. The van der Waals surface area contributed by atoms with Crippen LogP contribution in [-0.4, -0.2) is 55.2 Å². The normalized spacial score (nSPS) is 13.2. The van der Waals surface area contributed by atoms with Crippen molar-refractivity contribution in [2.24, 2.45) is 11.7 Å². The fraction of sp³-hybridized carbons (Fsp3) is 0.545. The molecule has 0 aliphatic heterocycles. The Kier molecular flexibility index (Phi) is 11.7. The number of carboxylic acid groups (broad SMARTS) is 1. The van der Waals surface area contributed by atoms with E-state index in [1.807, 2.05) is 6.92 Å². The molecule has 1 aromatic rings. The smallest absolute Gasteiger partial charge is 0.480 e. The molecule has 0 radical (unpaired) electrons. The topological polar surface area (TPSA) is 161 Å². The Balaban J connectivity index is 3.33. The number of ether oxygens (including phenoxy) is 5. The highest BCUT2D eigenvalue weighted by Gasteiger charge is 2.32. The molecule has 1 rings (SSSR count). The predicted molar refractivity (Wildman–Crippen MR) is 115 cm³/mol. The minimum atomic E-state index is -1.36. The first kappa shape index (κ1) is 27.7. The highest BCUT2D eigenvalue weighted by atomic mass is 16.7. The van der Waals surface area contributed by atoms with Gasteiger partial charge in [-0.15, -0.1) is 0 Å². The van der Waals surface area contributed by atoms with E-state index < -0.39 is 42.1 Å². The maximum atomic E-state index is 12.0. The first-order valence-electron chi connectivity index (χ1n) is 10.6. The fourth-order valence-corrected chi connectivity index (χ4v) is 2.90. The minimum absolute atomic E-state index is 0.0860. The van der Waals surface area contributed by atoms with Crippen LogP contribution in [0.25, 0.3) is 0 Å². The summed E-state index contributed by atoms with van der Waals surface area (Å²) < 4.78 is 25.1. The SMILES string of the molecule is CCCOC(=O)Oc1ccc(C([C@H](N)C(=O)O)[C@@H](C)COC(C)=O)cc1OC(=O)OCCC. The van der Waals surface area contributed by atoms with Crippen molar-refractivity contribution in [1.29, 1.82) is 0 Å². The summed E-state index contributed by atoms with van der Waals surface area (Å²) in [6.45, 7) is 6.67. The molecule has 0 bridgehead atoms. The van der Waals surface area contributed by atoms with E-state index in [1.165, 1.54) is 25.1 Å². The van der Waals surface area contributed by atoms with Crippen LogP contribution in [0.2, 0.25) is 0 Å². The molecule has 0 heterocycles. The Morgan fingerprint density at radius 2 is 1.48 bits per heavy atom. The van der Waals surface area contributed by atoms with Crippen LogP contribution in [0.15, 0.2) is 18.2 Å². The first-order chi connectivity index (χ1) is 15.6. The number of aliphatic carboxylic acids is 1. The van der Waals surface area contributed by atoms with Gasteiger partial charge in [-0.3, -0.25) is 9.59 Å². The number of carboxylic acids is 1. The maximum absolute atomic E-state index is 12.0. The number of rotatable bonds is 12. The molecule has 11 nitrogen and oxygen atoms in total. The Bertz CT molecular complexity index is 825. The lowest BCUT2D eigenvalue weighted by Crippen LogP contribution is -2.40. The molecular formula is C22H31NO10. The first-order valence-corrected chi connectivity index (χ1v) is 10.6. The summed E-state index contributed by atoms with van der Waals surface area (Å²) >= 11 is 0.